The van der Waals surface area contributed by atoms with Crippen LogP contribution < -0.4 is 10.6 Å². The molecule has 256 valence electrons. The number of hydrogen-bond donors (Lipinski definition) is 1. The van der Waals surface area contributed by atoms with Crippen molar-refractivity contribution in [2.75, 3.05) is 58.8 Å². The number of allylic oxidation sites excluding steroid dienone is 2. The van der Waals surface area contributed by atoms with Crippen molar-refractivity contribution in [3.8, 4) is 0 Å². The molecule has 7 nitrogen and oxygen atoms in total. The van der Waals surface area contributed by atoms with E-state index in [2.05, 4.69) is 112 Å². The number of anilines is 1. The van der Waals surface area contributed by atoms with Crippen LogP contribution in [0.15, 0.2) is 57.9 Å². The van der Waals surface area contributed by atoms with Crippen molar-refractivity contribution in [2.24, 2.45) is 15.7 Å². The number of rotatable bonds is 17. The number of aliphatic imine (C=N–C) groups is 2. The summed E-state index contributed by atoms with van der Waals surface area (Å²) in [4.78, 5) is 20.0. The fraction of sp³-hybridized carbons (Fsp3) is 0.641. The predicted molar refractivity (Wildman–Crippen MR) is 202 cm³/mol. The van der Waals surface area contributed by atoms with Gasteiger partial charge in [-0.1, -0.05) is 60.1 Å². The molecule has 46 heavy (non-hydrogen) atoms. The third kappa shape index (κ3) is 9.57. The molecule has 0 saturated carbocycles. The molecule has 0 amide bonds. The Morgan fingerprint density at radius 3 is 2.35 bits per heavy atom. The van der Waals surface area contributed by atoms with Crippen LogP contribution in [0.5, 0.6) is 0 Å². The third-order valence-corrected chi connectivity index (χ3v) is 9.99. The Bertz CT molecular complexity index is 1260. The average Bonchev–Trinajstić information content (AvgIpc) is 3.06. The van der Waals surface area contributed by atoms with Crippen molar-refractivity contribution in [2.45, 2.75) is 111 Å². The molecule has 1 atom stereocenters. The van der Waals surface area contributed by atoms with E-state index in [-0.39, 0.29) is 0 Å². The van der Waals surface area contributed by atoms with Crippen LogP contribution in [0.4, 0.5) is 5.69 Å². The van der Waals surface area contributed by atoms with Gasteiger partial charge < -0.3 is 20.4 Å². The molecule has 2 aliphatic heterocycles. The van der Waals surface area contributed by atoms with Gasteiger partial charge in [0, 0.05) is 68.3 Å². The summed E-state index contributed by atoms with van der Waals surface area (Å²) in [5, 5.41) is 0. The van der Waals surface area contributed by atoms with Crippen molar-refractivity contribution < 1.29 is 0 Å². The first-order valence-corrected chi connectivity index (χ1v) is 18.1. The highest BCUT2D eigenvalue weighted by Gasteiger charge is 2.27. The highest BCUT2D eigenvalue weighted by Crippen LogP contribution is 2.33. The Balaban J connectivity index is 1.92. The summed E-state index contributed by atoms with van der Waals surface area (Å²) in [6.07, 6.45) is 12.1. The van der Waals surface area contributed by atoms with Crippen LogP contribution in [0.1, 0.15) is 104 Å². The van der Waals surface area contributed by atoms with Gasteiger partial charge in [0.1, 0.15) is 11.7 Å². The maximum absolute atomic E-state index is 6.37. The molecule has 1 saturated heterocycles. The van der Waals surface area contributed by atoms with E-state index in [1.54, 1.807) is 0 Å². The van der Waals surface area contributed by atoms with E-state index in [0.717, 1.165) is 74.5 Å². The molecule has 1 aromatic carbocycles. The first-order chi connectivity index (χ1) is 22.1. The van der Waals surface area contributed by atoms with Crippen LogP contribution in [0, 0.1) is 0 Å². The van der Waals surface area contributed by atoms with E-state index in [4.69, 9.17) is 10.7 Å². The Hall–Kier alpha value is -2.90. The molecule has 2 N–H and O–H groups in total. The second kappa shape index (κ2) is 18.4. The van der Waals surface area contributed by atoms with Crippen LogP contribution in [0.25, 0.3) is 5.57 Å². The zero-order valence-corrected chi connectivity index (χ0v) is 30.8. The topological polar surface area (TPSA) is 63.7 Å². The van der Waals surface area contributed by atoms with Gasteiger partial charge in [-0.25, -0.2) is 9.98 Å². The maximum Gasteiger partial charge on any atom is 0.132 e. The monoisotopic (exact) mass is 632 g/mol. The number of likely N-dealkylation sites (N-methyl/N-ethyl adjacent to an activating group) is 1. The van der Waals surface area contributed by atoms with Crippen molar-refractivity contribution >= 4 is 22.8 Å². The van der Waals surface area contributed by atoms with Crippen molar-refractivity contribution in [3.63, 3.8) is 0 Å². The molecule has 2 aliphatic rings. The molecule has 3 rings (SSSR count). The van der Waals surface area contributed by atoms with E-state index in [1.165, 1.54) is 55.5 Å². The lowest BCUT2D eigenvalue weighted by molar-refractivity contribution is 0.155. The molecule has 0 spiro atoms. The second-order valence-electron chi connectivity index (χ2n) is 13.5. The van der Waals surface area contributed by atoms with Crippen LogP contribution in [-0.2, 0) is 6.42 Å². The zero-order chi connectivity index (χ0) is 33.8. The highest BCUT2D eigenvalue weighted by atomic mass is 15.2. The quantitative estimate of drug-likeness (QED) is 0.191. The lowest BCUT2D eigenvalue weighted by Gasteiger charge is -2.40. The molecule has 0 aromatic heterocycles. The molecule has 0 radical (unpaired) electrons. The molecule has 0 aliphatic carbocycles. The number of aryl methyl sites for hydroxylation is 1. The first-order valence-electron chi connectivity index (χ1n) is 18.1. The Labute approximate surface area is 282 Å². The average molecular weight is 632 g/mol. The Morgan fingerprint density at radius 1 is 1.04 bits per heavy atom. The van der Waals surface area contributed by atoms with Gasteiger partial charge in [-0.15, -0.1) is 0 Å². The summed E-state index contributed by atoms with van der Waals surface area (Å²) in [5.74, 6) is 1.47. The molecule has 2 heterocycles. The van der Waals surface area contributed by atoms with Crippen molar-refractivity contribution in [3.05, 3.63) is 59.1 Å². The predicted octanol–water partition coefficient (Wildman–Crippen LogP) is 7.74. The normalized spacial score (nSPS) is 18.3. The zero-order valence-electron chi connectivity index (χ0n) is 30.8. The number of hydrogen-bond acceptors (Lipinski definition) is 7. The van der Waals surface area contributed by atoms with Crippen molar-refractivity contribution in [1.29, 1.82) is 0 Å². The minimum absolute atomic E-state index is 0.438. The largest absolute Gasteiger partial charge is 0.383 e. The molecule has 1 fully saturated rings. The number of amidine groups is 1. The molecule has 1 aromatic rings. The van der Waals surface area contributed by atoms with E-state index < -0.39 is 0 Å². The third-order valence-electron chi connectivity index (χ3n) is 9.99. The highest BCUT2D eigenvalue weighted by molar-refractivity contribution is 6.42. The minimum atomic E-state index is 0.438. The summed E-state index contributed by atoms with van der Waals surface area (Å²) in [5.41, 5.74) is 14.0. The van der Waals surface area contributed by atoms with Crippen LogP contribution in [0.3, 0.4) is 0 Å². The Morgan fingerprint density at radius 2 is 1.76 bits per heavy atom. The maximum atomic E-state index is 6.37. The number of unbranched alkanes of at least 4 members (excludes halogenated alkanes) is 1. The number of nitrogens with zero attached hydrogens (tertiary/aromatic N) is 6. The summed E-state index contributed by atoms with van der Waals surface area (Å²) >= 11 is 0. The second-order valence-corrected chi connectivity index (χ2v) is 13.5. The van der Waals surface area contributed by atoms with Gasteiger partial charge >= 0.3 is 0 Å². The van der Waals surface area contributed by atoms with E-state index in [0.29, 0.717) is 23.5 Å². The van der Waals surface area contributed by atoms with Gasteiger partial charge in [-0.3, -0.25) is 4.90 Å². The van der Waals surface area contributed by atoms with Crippen LogP contribution >= 0.6 is 0 Å². The standard InChI is InChI=1S/C39H65N7/c1-11-16-17-33(15-5)44(10)39(29(6)13-3)42-37-30(7)38(40)41-28-35(37)32-18-19-36(31(14-4)27-32)46-23-20-34(21-24-46)45(22-12-2)26-25-43(8)9/h18-19,27-28,33-34H,7,11-17,20-26H2,1-6,8-10H3,(H2,40,41)/b39-29-,42-37+. The molecular formula is C39H65N7. The van der Waals surface area contributed by atoms with E-state index in [1.807, 2.05) is 6.20 Å². The van der Waals surface area contributed by atoms with E-state index in [9.17, 15) is 0 Å². The lowest BCUT2D eigenvalue weighted by Crippen LogP contribution is -2.47. The smallest absolute Gasteiger partial charge is 0.132 e. The van der Waals surface area contributed by atoms with Gasteiger partial charge in [0.15, 0.2) is 0 Å². The molecule has 1 unspecified atom stereocenters. The molecule has 7 heteroatoms. The number of benzene rings is 1. The van der Waals surface area contributed by atoms with Gasteiger partial charge in [-0.2, -0.15) is 0 Å². The van der Waals surface area contributed by atoms with Crippen molar-refractivity contribution in [1.82, 2.24) is 14.7 Å². The number of piperidine rings is 1. The van der Waals surface area contributed by atoms with Crippen LogP contribution in [0.2, 0.25) is 0 Å². The fourth-order valence-electron chi connectivity index (χ4n) is 6.83. The first kappa shape index (κ1) is 37.6. The summed E-state index contributed by atoms with van der Waals surface area (Å²) in [6, 6.07) is 8.03. The van der Waals surface area contributed by atoms with Crippen LogP contribution in [-0.4, -0.2) is 92.2 Å². The lowest BCUT2D eigenvalue weighted by atomic mass is 9.92. The fourth-order valence-corrected chi connectivity index (χ4v) is 6.83. The summed E-state index contributed by atoms with van der Waals surface area (Å²) < 4.78 is 0. The van der Waals surface area contributed by atoms with Gasteiger partial charge in [-0.05, 0) is 101 Å². The molecular weight excluding hydrogens is 566 g/mol. The van der Waals surface area contributed by atoms with Gasteiger partial charge in [0.05, 0.1) is 5.71 Å². The number of nitrogens with two attached hydrogens (primary N) is 1. The Kier molecular flexibility index (Phi) is 15.1. The minimum Gasteiger partial charge on any atom is -0.383 e. The summed E-state index contributed by atoms with van der Waals surface area (Å²) in [6.45, 7) is 23.5. The van der Waals surface area contributed by atoms with E-state index >= 15 is 0 Å². The molecule has 0 bridgehead atoms. The summed E-state index contributed by atoms with van der Waals surface area (Å²) in [7, 11) is 6.55. The SMILES string of the molecule is C=C1C(N)=NC=C(c2ccc(N3CCC(N(CCC)CCN(C)C)CC3)c(CC)c2)/C1=N/C(=C(\C)CC)N(C)C(CC)CCCC. The van der Waals surface area contributed by atoms with Gasteiger partial charge in [0.25, 0.3) is 0 Å². The van der Waals surface area contributed by atoms with Gasteiger partial charge in [0.2, 0.25) is 0 Å².